The van der Waals surface area contributed by atoms with Gasteiger partial charge in [-0.1, -0.05) is 12.1 Å². The lowest BCUT2D eigenvalue weighted by molar-refractivity contribution is -0.881. The molecule has 0 unspecified atom stereocenters. The maximum Gasteiger partial charge on any atom is 0.278 e. The van der Waals surface area contributed by atoms with Crippen LogP contribution < -0.4 is 10.1 Å². The van der Waals surface area contributed by atoms with Crippen molar-refractivity contribution in [3.05, 3.63) is 36.7 Å². The van der Waals surface area contributed by atoms with E-state index in [2.05, 4.69) is 21.4 Å². The van der Waals surface area contributed by atoms with Gasteiger partial charge in [-0.05, 0) is 30.5 Å². The third-order valence-corrected chi connectivity index (χ3v) is 5.34. The Kier molecular flexibility index (Phi) is 6.85. The van der Waals surface area contributed by atoms with Gasteiger partial charge in [-0.2, -0.15) is 5.26 Å². The molecule has 1 aliphatic rings. The molecule has 0 saturated carbocycles. The van der Waals surface area contributed by atoms with Gasteiger partial charge < -0.3 is 19.4 Å². The molecule has 8 nitrogen and oxygen atoms in total. The van der Waals surface area contributed by atoms with Crippen LogP contribution in [0.1, 0.15) is 12.8 Å². The molecule has 3 rings (SSSR count). The van der Waals surface area contributed by atoms with Crippen LogP contribution in [0.25, 0.3) is 11.1 Å². The number of nitrogens with one attached hydrogen (secondary N) is 1. The molecule has 1 aromatic carbocycles. The van der Waals surface area contributed by atoms with Gasteiger partial charge in [0.1, 0.15) is 11.8 Å². The van der Waals surface area contributed by atoms with Crippen molar-refractivity contribution in [1.29, 1.82) is 5.26 Å². The van der Waals surface area contributed by atoms with E-state index in [4.69, 9.17) is 4.74 Å². The predicted octanol–water partition coefficient (Wildman–Crippen LogP) is 2.16. The van der Waals surface area contributed by atoms with E-state index in [1.807, 2.05) is 38.4 Å². The second kappa shape index (κ2) is 9.55. The smallest absolute Gasteiger partial charge is 0.278 e. The monoisotopic (exact) mass is 409 g/mol. The Morgan fingerprint density at radius 2 is 2.10 bits per heavy atom. The normalized spacial score (nSPS) is 16.2. The molecule has 1 aliphatic heterocycles. The number of amides is 1. The first-order valence-electron chi connectivity index (χ1n) is 10.1. The number of methoxy groups -OCH3 is 1. The number of ether oxygens (including phenoxy) is 1. The van der Waals surface area contributed by atoms with E-state index in [1.165, 1.54) is 0 Å². The van der Waals surface area contributed by atoms with Crippen molar-refractivity contribution >= 4 is 11.9 Å². The Morgan fingerprint density at radius 3 is 2.80 bits per heavy atom. The maximum absolute atomic E-state index is 12.6. The van der Waals surface area contributed by atoms with Crippen molar-refractivity contribution in [3.63, 3.8) is 0 Å². The second-order valence-corrected chi connectivity index (χ2v) is 8.15. The van der Waals surface area contributed by atoms with E-state index < -0.39 is 0 Å². The molecule has 2 aromatic rings. The molecule has 1 amide bonds. The molecule has 30 heavy (non-hydrogen) atoms. The van der Waals surface area contributed by atoms with Crippen LogP contribution in [0.15, 0.2) is 36.7 Å². The Balaban J connectivity index is 1.50. The molecule has 1 aromatic heterocycles. The summed E-state index contributed by atoms with van der Waals surface area (Å²) in [6, 6.07) is 9.72. The van der Waals surface area contributed by atoms with Gasteiger partial charge in [-0.15, -0.1) is 0 Å². The molecule has 0 bridgehead atoms. The van der Waals surface area contributed by atoms with Gasteiger partial charge in [0.05, 0.1) is 40.4 Å². The first-order chi connectivity index (χ1) is 14.4. The van der Waals surface area contributed by atoms with Crippen LogP contribution in [0.3, 0.4) is 0 Å². The van der Waals surface area contributed by atoms with E-state index in [9.17, 15) is 10.1 Å². The quantitative estimate of drug-likeness (QED) is 0.672. The van der Waals surface area contributed by atoms with Crippen LogP contribution in [-0.4, -0.2) is 78.7 Å². The maximum atomic E-state index is 12.6. The lowest BCUT2D eigenvalue weighted by atomic mass is 10.1. The first kappa shape index (κ1) is 21.5. The predicted molar refractivity (Wildman–Crippen MR) is 115 cm³/mol. The Hall–Kier alpha value is -3.18. The minimum Gasteiger partial charge on any atom is -0.497 e. The first-order valence-corrected chi connectivity index (χ1v) is 10.1. The molecular weight excluding hydrogens is 380 g/mol. The number of carbonyl (C=O) groups excluding carboxylic acids is 1. The van der Waals surface area contributed by atoms with Crippen LogP contribution in [0.2, 0.25) is 0 Å². The average Bonchev–Trinajstić information content (AvgIpc) is 3.23. The molecule has 1 N–H and O–H groups in total. The molecule has 1 fully saturated rings. The van der Waals surface area contributed by atoms with Crippen LogP contribution in [0.4, 0.5) is 5.95 Å². The molecule has 8 heteroatoms. The molecule has 0 radical (unpaired) electrons. The highest BCUT2D eigenvalue weighted by Crippen LogP contribution is 2.23. The minimum absolute atomic E-state index is 0.0444. The number of hydrogen-bond donors (Lipinski definition) is 1. The van der Waals surface area contributed by atoms with Gasteiger partial charge >= 0.3 is 0 Å². The number of rotatable bonds is 8. The van der Waals surface area contributed by atoms with Crippen molar-refractivity contribution < 1.29 is 14.0 Å². The number of quaternary nitrogens is 1. The number of nitrogens with zero attached hydrogens (tertiary/aromatic N) is 5. The zero-order valence-electron chi connectivity index (χ0n) is 17.8. The third kappa shape index (κ3) is 5.45. The fourth-order valence-corrected chi connectivity index (χ4v) is 3.58. The molecule has 0 spiro atoms. The number of likely N-dealkylation sites (N-methyl/N-ethyl adjacent to an activating group) is 1. The molecular formula is C22H29N6O2+. The fraction of sp³-hybridized carbons (Fsp3) is 0.455. The molecule has 158 valence electrons. The summed E-state index contributed by atoms with van der Waals surface area (Å²) in [5, 5.41) is 12.4. The van der Waals surface area contributed by atoms with E-state index in [0.29, 0.717) is 30.1 Å². The highest BCUT2D eigenvalue weighted by Gasteiger charge is 2.32. The minimum atomic E-state index is -0.271. The summed E-state index contributed by atoms with van der Waals surface area (Å²) in [6.07, 6.45) is 5.24. The van der Waals surface area contributed by atoms with Crippen LogP contribution in [0, 0.1) is 11.3 Å². The standard InChI is InChI=1S/C22H29N6O2/c1-28(2,16-21(29)27-10-5-7-19(27)13-23)11-9-24-22-25-14-18(15-26-22)17-6-4-8-20(12-17)30-3/h4,6,8,12,14-15,19H,5,7,9-11,16H2,1-3H3,(H,24,25,26)/q+1/t19-/m0/s1. The zero-order chi connectivity index (χ0) is 21.6. The summed E-state index contributed by atoms with van der Waals surface area (Å²) in [5.74, 6) is 1.39. The van der Waals surface area contributed by atoms with E-state index in [-0.39, 0.29) is 11.9 Å². The van der Waals surface area contributed by atoms with Crippen LogP contribution in [0.5, 0.6) is 5.75 Å². The lowest BCUT2D eigenvalue weighted by Crippen LogP contribution is -2.51. The third-order valence-electron chi connectivity index (χ3n) is 5.34. The number of carbonyl (C=O) groups is 1. The summed E-state index contributed by atoms with van der Waals surface area (Å²) >= 11 is 0. The number of benzene rings is 1. The number of anilines is 1. The zero-order valence-corrected chi connectivity index (χ0v) is 17.8. The van der Waals surface area contributed by atoms with E-state index >= 15 is 0 Å². The number of likely N-dealkylation sites (tertiary alicyclic amines) is 1. The Labute approximate surface area is 177 Å². The summed E-state index contributed by atoms with van der Waals surface area (Å²) in [5.41, 5.74) is 1.91. The van der Waals surface area contributed by atoms with Gasteiger partial charge in [0.15, 0.2) is 6.54 Å². The van der Waals surface area contributed by atoms with Gasteiger partial charge in [-0.25, -0.2) is 9.97 Å². The van der Waals surface area contributed by atoms with Gasteiger partial charge in [0.25, 0.3) is 5.91 Å². The molecule has 1 saturated heterocycles. The average molecular weight is 410 g/mol. The van der Waals surface area contributed by atoms with Crippen molar-refractivity contribution in [2.24, 2.45) is 0 Å². The summed E-state index contributed by atoms with van der Waals surface area (Å²) in [4.78, 5) is 23.1. The number of hydrogen-bond acceptors (Lipinski definition) is 6. The summed E-state index contributed by atoms with van der Waals surface area (Å²) in [7, 11) is 5.68. The Bertz CT molecular complexity index is 907. The van der Waals surface area contributed by atoms with Gasteiger partial charge in [-0.3, -0.25) is 4.79 Å². The number of nitriles is 1. The Morgan fingerprint density at radius 1 is 1.33 bits per heavy atom. The van der Waals surface area contributed by atoms with Crippen molar-refractivity contribution in [2.45, 2.75) is 18.9 Å². The molecule has 1 atom stereocenters. The highest BCUT2D eigenvalue weighted by molar-refractivity contribution is 5.78. The molecule has 0 aliphatic carbocycles. The van der Waals surface area contributed by atoms with Crippen molar-refractivity contribution in [1.82, 2.24) is 14.9 Å². The largest absolute Gasteiger partial charge is 0.497 e. The van der Waals surface area contributed by atoms with Crippen LogP contribution >= 0.6 is 0 Å². The topological polar surface area (TPSA) is 91.1 Å². The summed E-state index contributed by atoms with van der Waals surface area (Å²) in [6.45, 7) is 2.43. The van der Waals surface area contributed by atoms with Gasteiger partial charge in [0, 0.05) is 24.5 Å². The van der Waals surface area contributed by atoms with Gasteiger partial charge in [0.2, 0.25) is 5.95 Å². The highest BCUT2D eigenvalue weighted by atomic mass is 16.5. The number of aromatic nitrogens is 2. The van der Waals surface area contributed by atoms with Crippen molar-refractivity contribution in [2.75, 3.05) is 52.7 Å². The van der Waals surface area contributed by atoms with Crippen LogP contribution in [-0.2, 0) is 4.79 Å². The van der Waals surface area contributed by atoms with E-state index in [1.54, 1.807) is 24.4 Å². The summed E-state index contributed by atoms with van der Waals surface area (Å²) < 4.78 is 5.79. The lowest BCUT2D eigenvalue weighted by Gasteiger charge is -2.31. The van der Waals surface area contributed by atoms with Crippen molar-refractivity contribution in [3.8, 4) is 22.9 Å². The fourth-order valence-electron chi connectivity index (χ4n) is 3.58. The van der Waals surface area contributed by atoms with E-state index in [0.717, 1.165) is 36.3 Å². The molecule has 2 heterocycles. The second-order valence-electron chi connectivity index (χ2n) is 8.15. The SMILES string of the molecule is COc1cccc(-c2cnc(NCC[N+](C)(C)CC(=O)N3CCC[C@H]3C#N)nc2)c1.